The summed E-state index contributed by atoms with van der Waals surface area (Å²) in [5, 5.41) is 10.7. The highest BCUT2D eigenvalue weighted by Crippen LogP contribution is 2.39. The smallest absolute Gasteiger partial charge is 0.255 e. The second-order valence-corrected chi connectivity index (χ2v) is 9.55. The van der Waals surface area contributed by atoms with Crippen LogP contribution < -0.4 is 20.1 Å². The maximum Gasteiger partial charge on any atom is 0.255 e. The van der Waals surface area contributed by atoms with Crippen LogP contribution in [0.4, 0.5) is 11.6 Å². The fourth-order valence-corrected chi connectivity index (χ4v) is 4.77. The number of carbonyl (C=O) groups is 1. The van der Waals surface area contributed by atoms with E-state index in [4.69, 9.17) is 9.47 Å². The lowest BCUT2D eigenvalue weighted by Crippen LogP contribution is -2.31. The summed E-state index contributed by atoms with van der Waals surface area (Å²) in [4.78, 5) is 18.0. The first-order valence-electron chi connectivity index (χ1n) is 12.5. The summed E-state index contributed by atoms with van der Waals surface area (Å²) in [5.41, 5.74) is 7.22. The van der Waals surface area contributed by atoms with Gasteiger partial charge in [-0.15, -0.1) is 0 Å². The fraction of sp³-hybridized carbons (Fsp3) is 0.233. The molecule has 3 aromatic carbocycles. The number of rotatable bonds is 7. The van der Waals surface area contributed by atoms with Gasteiger partial charge in [-0.25, -0.2) is 4.68 Å². The number of fused-ring (bicyclic) bond motifs is 1. The number of hydrogen-bond acceptors (Lipinski definition) is 6. The Hall–Kier alpha value is -4.59. The standard InChI is InChI=1S/C30H31N5O3/c1-18-7-6-8-22(14-18)16-38-25-12-10-23(15-26(25)37-5)28-27(21(4)33-30-31-17-32-35(28)30)29(36)34-24-11-9-19(2)13-20(24)3/h6-15,17,28H,16H2,1-5H3,(H,34,36)(H,31,32,33). The zero-order valence-corrected chi connectivity index (χ0v) is 22.2. The molecular weight excluding hydrogens is 478 g/mol. The molecule has 0 saturated carbocycles. The average molecular weight is 510 g/mol. The van der Waals surface area contributed by atoms with E-state index in [-0.39, 0.29) is 5.91 Å². The van der Waals surface area contributed by atoms with Gasteiger partial charge in [-0.2, -0.15) is 10.1 Å². The highest BCUT2D eigenvalue weighted by molar-refractivity contribution is 6.06. The van der Waals surface area contributed by atoms with Crippen LogP contribution in [0.15, 0.2) is 78.3 Å². The lowest BCUT2D eigenvalue weighted by atomic mass is 9.94. The zero-order chi connectivity index (χ0) is 26.8. The first-order valence-corrected chi connectivity index (χ1v) is 12.5. The van der Waals surface area contributed by atoms with Gasteiger partial charge in [0.05, 0.1) is 12.7 Å². The summed E-state index contributed by atoms with van der Waals surface area (Å²) >= 11 is 0. The molecule has 2 N–H and O–H groups in total. The van der Waals surface area contributed by atoms with E-state index in [2.05, 4.69) is 39.8 Å². The molecule has 4 aromatic rings. The van der Waals surface area contributed by atoms with Crippen molar-refractivity contribution in [3.05, 3.63) is 106 Å². The summed E-state index contributed by atoms with van der Waals surface area (Å²) in [6.07, 6.45) is 1.48. The quantitative estimate of drug-likeness (QED) is 0.331. The Morgan fingerprint density at radius 3 is 2.58 bits per heavy atom. The molecule has 0 bridgehead atoms. The monoisotopic (exact) mass is 509 g/mol. The van der Waals surface area contributed by atoms with Crippen LogP contribution in [0.2, 0.25) is 0 Å². The largest absolute Gasteiger partial charge is 0.493 e. The van der Waals surface area contributed by atoms with Gasteiger partial charge in [0.2, 0.25) is 5.95 Å². The Labute approximate surface area is 222 Å². The van der Waals surface area contributed by atoms with E-state index in [0.29, 0.717) is 35.3 Å². The molecule has 0 aliphatic carbocycles. The summed E-state index contributed by atoms with van der Waals surface area (Å²) < 4.78 is 13.5. The molecule has 1 atom stereocenters. The normalized spacial score (nSPS) is 14.5. The second-order valence-electron chi connectivity index (χ2n) is 9.55. The minimum absolute atomic E-state index is 0.216. The number of hydrogen-bond donors (Lipinski definition) is 2. The number of methoxy groups -OCH3 is 1. The van der Waals surface area contributed by atoms with Gasteiger partial charge in [-0.05, 0) is 62.6 Å². The predicted octanol–water partition coefficient (Wildman–Crippen LogP) is 5.72. The van der Waals surface area contributed by atoms with E-state index in [1.54, 1.807) is 11.8 Å². The van der Waals surface area contributed by atoms with Gasteiger partial charge in [-0.3, -0.25) is 4.79 Å². The van der Waals surface area contributed by atoms with Crippen LogP contribution in [0, 0.1) is 20.8 Å². The maximum atomic E-state index is 13.7. The molecule has 1 amide bonds. The van der Waals surface area contributed by atoms with E-state index < -0.39 is 6.04 Å². The van der Waals surface area contributed by atoms with Gasteiger partial charge < -0.3 is 20.1 Å². The van der Waals surface area contributed by atoms with Gasteiger partial charge in [0.1, 0.15) is 19.0 Å². The van der Waals surface area contributed by atoms with E-state index in [9.17, 15) is 4.79 Å². The van der Waals surface area contributed by atoms with Crippen LogP contribution in [-0.2, 0) is 11.4 Å². The fourth-order valence-electron chi connectivity index (χ4n) is 4.77. The minimum Gasteiger partial charge on any atom is -0.493 e. The molecule has 1 aromatic heterocycles. The molecule has 1 aliphatic rings. The SMILES string of the molecule is COc1cc(C2C(C(=O)Nc3ccc(C)cc3C)=C(C)Nc3ncnn32)ccc1OCc1cccc(C)c1. The topological polar surface area (TPSA) is 90.3 Å². The second kappa shape index (κ2) is 10.4. The van der Waals surface area contributed by atoms with Crippen LogP contribution in [0.1, 0.15) is 40.8 Å². The molecule has 2 heterocycles. The molecule has 8 nitrogen and oxygen atoms in total. The predicted molar refractivity (Wildman–Crippen MR) is 148 cm³/mol. The lowest BCUT2D eigenvalue weighted by molar-refractivity contribution is -0.113. The van der Waals surface area contributed by atoms with Crippen LogP contribution in [0.3, 0.4) is 0 Å². The number of anilines is 2. The zero-order valence-electron chi connectivity index (χ0n) is 22.2. The molecule has 1 unspecified atom stereocenters. The van der Waals surface area contributed by atoms with Crippen LogP contribution >= 0.6 is 0 Å². The number of nitrogens with zero attached hydrogens (tertiary/aromatic N) is 3. The molecule has 0 radical (unpaired) electrons. The maximum absolute atomic E-state index is 13.7. The summed E-state index contributed by atoms with van der Waals surface area (Å²) in [6.45, 7) is 8.36. The van der Waals surface area contributed by atoms with Crippen LogP contribution in [-0.4, -0.2) is 27.8 Å². The molecule has 194 valence electrons. The number of allylic oxidation sites excluding steroid dienone is 1. The van der Waals surface area contributed by atoms with Crippen molar-refractivity contribution in [3.63, 3.8) is 0 Å². The number of carbonyl (C=O) groups excluding carboxylic acids is 1. The molecule has 8 heteroatoms. The molecule has 0 spiro atoms. The Bertz CT molecular complexity index is 1540. The highest BCUT2D eigenvalue weighted by atomic mass is 16.5. The van der Waals surface area contributed by atoms with Gasteiger partial charge >= 0.3 is 0 Å². The Kier molecular flexibility index (Phi) is 6.87. The van der Waals surface area contributed by atoms with Gasteiger partial charge in [0, 0.05) is 11.4 Å². The lowest BCUT2D eigenvalue weighted by Gasteiger charge is -2.29. The Morgan fingerprint density at radius 1 is 1.00 bits per heavy atom. The average Bonchev–Trinajstić information content (AvgIpc) is 3.36. The molecule has 0 saturated heterocycles. The first-order chi connectivity index (χ1) is 18.3. The van der Waals surface area contributed by atoms with Crippen molar-refractivity contribution in [2.24, 2.45) is 0 Å². The van der Waals surface area contributed by atoms with Crippen LogP contribution in [0.5, 0.6) is 11.5 Å². The van der Waals surface area contributed by atoms with Gasteiger partial charge in [0.15, 0.2) is 11.5 Å². The van der Waals surface area contributed by atoms with Gasteiger partial charge in [-0.1, -0.05) is 53.6 Å². The molecular formula is C30H31N5O3. The van der Waals surface area contributed by atoms with Crippen molar-refractivity contribution >= 4 is 17.5 Å². The highest BCUT2D eigenvalue weighted by Gasteiger charge is 2.34. The van der Waals surface area contributed by atoms with Crippen LogP contribution in [0.25, 0.3) is 0 Å². The van der Waals surface area contributed by atoms with Crippen molar-refractivity contribution in [1.82, 2.24) is 14.8 Å². The number of aromatic nitrogens is 3. The van der Waals surface area contributed by atoms with Crippen molar-refractivity contribution < 1.29 is 14.3 Å². The van der Waals surface area contributed by atoms with Crippen molar-refractivity contribution in [2.75, 3.05) is 17.7 Å². The summed E-state index contributed by atoms with van der Waals surface area (Å²) in [7, 11) is 1.61. The van der Waals surface area contributed by atoms with E-state index >= 15 is 0 Å². The van der Waals surface area contributed by atoms with E-state index in [1.807, 2.05) is 69.3 Å². The number of ether oxygens (including phenoxy) is 2. The van der Waals surface area contributed by atoms with E-state index in [0.717, 1.165) is 27.9 Å². The molecule has 0 fully saturated rings. The third kappa shape index (κ3) is 4.98. The van der Waals surface area contributed by atoms with Crippen molar-refractivity contribution in [1.29, 1.82) is 0 Å². The number of amides is 1. The molecule has 5 rings (SSSR count). The third-order valence-corrected chi connectivity index (χ3v) is 6.65. The molecule has 38 heavy (non-hydrogen) atoms. The van der Waals surface area contributed by atoms with Crippen molar-refractivity contribution in [2.45, 2.75) is 40.3 Å². The Balaban J connectivity index is 1.48. The first kappa shape index (κ1) is 25.1. The number of nitrogens with one attached hydrogen (secondary N) is 2. The summed E-state index contributed by atoms with van der Waals surface area (Å²) in [5.74, 6) is 1.54. The van der Waals surface area contributed by atoms with E-state index in [1.165, 1.54) is 11.9 Å². The minimum atomic E-state index is -0.515. The third-order valence-electron chi connectivity index (χ3n) is 6.65. The van der Waals surface area contributed by atoms with Gasteiger partial charge in [0.25, 0.3) is 5.91 Å². The van der Waals surface area contributed by atoms with Crippen molar-refractivity contribution in [3.8, 4) is 11.5 Å². The number of aryl methyl sites for hydroxylation is 3. The molecule has 1 aliphatic heterocycles. The Morgan fingerprint density at radius 2 is 1.82 bits per heavy atom. The number of benzene rings is 3. The summed E-state index contributed by atoms with van der Waals surface area (Å²) in [6, 6.07) is 19.3.